The summed E-state index contributed by atoms with van der Waals surface area (Å²) in [6.45, 7) is 2.48. The summed E-state index contributed by atoms with van der Waals surface area (Å²) in [6.07, 6.45) is 3.23. The second kappa shape index (κ2) is 10.7. The van der Waals surface area contributed by atoms with Crippen LogP contribution in [0.25, 0.3) is 0 Å². The number of methoxy groups -OCH3 is 1. The van der Waals surface area contributed by atoms with Crippen molar-refractivity contribution in [2.45, 2.75) is 23.4 Å². The van der Waals surface area contributed by atoms with Crippen molar-refractivity contribution in [3.05, 3.63) is 102 Å². The lowest BCUT2D eigenvalue weighted by Crippen LogP contribution is -2.22. The summed E-state index contributed by atoms with van der Waals surface area (Å²) in [7, 11) is 1.62. The van der Waals surface area contributed by atoms with E-state index in [0.717, 1.165) is 16.2 Å². The molecule has 1 amide bonds. The lowest BCUT2D eigenvalue weighted by atomic mass is 10.2. The van der Waals surface area contributed by atoms with Crippen LogP contribution in [0, 0.1) is 6.92 Å². The minimum absolute atomic E-state index is 0.160. The second-order valence-corrected chi connectivity index (χ2v) is 8.30. The Kier molecular flexibility index (Phi) is 7.22. The molecule has 4 aromatic rings. The molecule has 0 saturated carbocycles. The molecule has 166 valence electrons. The first-order valence-corrected chi connectivity index (χ1v) is 11.2. The van der Waals surface area contributed by atoms with Crippen LogP contribution in [-0.4, -0.2) is 23.0 Å². The number of aromatic nitrogens is 2. The van der Waals surface area contributed by atoms with Gasteiger partial charge in [0.1, 0.15) is 11.5 Å². The van der Waals surface area contributed by atoms with Crippen molar-refractivity contribution >= 4 is 17.7 Å². The molecule has 1 aromatic heterocycles. The Balaban J connectivity index is 1.38. The van der Waals surface area contributed by atoms with E-state index in [1.54, 1.807) is 43.8 Å². The number of amides is 1. The van der Waals surface area contributed by atoms with Crippen molar-refractivity contribution in [2.24, 2.45) is 0 Å². The Hall–Kier alpha value is -3.84. The first kappa shape index (κ1) is 22.4. The van der Waals surface area contributed by atoms with E-state index >= 15 is 0 Å². The molecule has 3 aromatic carbocycles. The van der Waals surface area contributed by atoms with Crippen molar-refractivity contribution in [3.63, 3.8) is 0 Å². The number of rotatable bonds is 8. The average molecular weight is 458 g/mol. The number of carbonyl (C=O) groups excluding carboxylic acids is 1. The number of nitrogens with one attached hydrogen (secondary N) is 1. The maximum atomic E-state index is 12.5. The van der Waals surface area contributed by atoms with E-state index in [-0.39, 0.29) is 5.91 Å². The Bertz CT molecular complexity index is 1210. The zero-order valence-electron chi connectivity index (χ0n) is 18.3. The Morgan fingerprint density at radius 2 is 1.55 bits per heavy atom. The predicted molar refractivity (Wildman–Crippen MR) is 128 cm³/mol. The molecule has 0 fully saturated rings. The van der Waals surface area contributed by atoms with Gasteiger partial charge in [0.05, 0.1) is 7.11 Å². The molecule has 0 unspecified atom stereocenters. The Morgan fingerprint density at radius 3 is 2.24 bits per heavy atom. The van der Waals surface area contributed by atoms with Gasteiger partial charge >= 0.3 is 0 Å². The quantitative estimate of drug-likeness (QED) is 0.368. The summed E-state index contributed by atoms with van der Waals surface area (Å²) in [4.78, 5) is 22.3. The molecule has 0 spiro atoms. The molecular formula is C26H23N3O3S. The molecule has 0 aliphatic heterocycles. The lowest BCUT2D eigenvalue weighted by molar-refractivity contribution is 0.0951. The summed E-state index contributed by atoms with van der Waals surface area (Å²) in [5.74, 6) is 1.62. The highest BCUT2D eigenvalue weighted by molar-refractivity contribution is 7.99. The van der Waals surface area contributed by atoms with E-state index in [1.165, 1.54) is 17.3 Å². The van der Waals surface area contributed by atoms with Gasteiger partial charge in [0.2, 0.25) is 0 Å². The van der Waals surface area contributed by atoms with Crippen molar-refractivity contribution in [1.29, 1.82) is 0 Å². The zero-order valence-corrected chi connectivity index (χ0v) is 19.1. The fourth-order valence-electron chi connectivity index (χ4n) is 2.98. The molecule has 0 saturated heterocycles. The molecule has 0 atom stereocenters. The fraction of sp³-hybridized carbons (Fsp3) is 0.115. The monoisotopic (exact) mass is 457 g/mol. The largest absolute Gasteiger partial charge is 0.497 e. The summed E-state index contributed by atoms with van der Waals surface area (Å²) >= 11 is 1.49. The van der Waals surface area contributed by atoms with Gasteiger partial charge in [-0.15, -0.1) is 0 Å². The number of carbonyl (C=O) groups is 1. The summed E-state index contributed by atoms with van der Waals surface area (Å²) in [5, 5.41) is 3.59. The van der Waals surface area contributed by atoms with Crippen LogP contribution in [0.5, 0.6) is 17.4 Å². The van der Waals surface area contributed by atoms with Gasteiger partial charge in [-0.3, -0.25) is 4.79 Å². The molecule has 0 aliphatic rings. The molecule has 33 heavy (non-hydrogen) atoms. The van der Waals surface area contributed by atoms with Crippen LogP contribution in [0.2, 0.25) is 0 Å². The molecule has 4 rings (SSSR count). The maximum absolute atomic E-state index is 12.5. The molecule has 0 radical (unpaired) electrons. The highest BCUT2D eigenvalue weighted by Crippen LogP contribution is 2.34. The van der Waals surface area contributed by atoms with Crippen molar-refractivity contribution in [1.82, 2.24) is 15.3 Å². The topological polar surface area (TPSA) is 73.3 Å². The first-order valence-electron chi connectivity index (χ1n) is 10.4. The number of hydrogen-bond acceptors (Lipinski definition) is 6. The van der Waals surface area contributed by atoms with E-state index < -0.39 is 0 Å². The fourth-order valence-corrected chi connectivity index (χ4v) is 3.77. The van der Waals surface area contributed by atoms with Gasteiger partial charge in [-0.2, -0.15) is 0 Å². The van der Waals surface area contributed by atoms with Crippen LogP contribution < -0.4 is 14.8 Å². The third-order valence-corrected chi connectivity index (χ3v) is 5.79. The average Bonchev–Trinajstić information content (AvgIpc) is 2.86. The van der Waals surface area contributed by atoms with Crippen LogP contribution in [0.4, 0.5) is 0 Å². The van der Waals surface area contributed by atoms with Gasteiger partial charge in [-0.1, -0.05) is 41.6 Å². The number of hydrogen-bond donors (Lipinski definition) is 1. The molecule has 6 nitrogen and oxygen atoms in total. The summed E-state index contributed by atoms with van der Waals surface area (Å²) < 4.78 is 11.1. The van der Waals surface area contributed by atoms with Crippen LogP contribution in [0.3, 0.4) is 0 Å². The van der Waals surface area contributed by atoms with Crippen LogP contribution >= 0.6 is 11.8 Å². The van der Waals surface area contributed by atoms with Gasteiger partial charge in [0.15, 0.2) is 5.03 Å². The standard InChI is InChI=1S/C26H23N3O3S/c1-18-3-13-23(14-4-18)33-26-25(27-15-16-28-26)32-22-11-7-20(8-12-22)24(30)29-17-19-5-9-21(31-2)10-6-19/h3-16H,17H2,1-2H3,(H,29,30). The van der Waals surface area contributed by atoms with E-state index in [4.69, 9.17) is 9.47 Å². The maximum Gasteiger partial charge on any atom is 0.252 e. The third-order valence-electron chi connectivity index (χ3n) is 4.81. The van der Waals surface area contributed by atoms with Crippen LogP contribution in [0.15, 0.2) is 95.1 Å². The molecule has 0 aliphatic carbocycles. The molecular weight excluding hydrogens is 434 g/mol. The smallest absolute Gasteiger partial charge is 0.252 e. The molecule has 1 N–H and O–H groups in total. The van der Waals surface area contributed by atoms with E-state index in [1.807, 2.05) is 43.3 Å². The van der Waals surface area contributed by atoms with Gasteiger partial charge in [0, 0.05) is 29.4 Å². The van der Waals surface area contributed by atoms with Crippen molar-refractivity contribution < 1.29 is 14.3 Å². The lowest BCUT2D eigenvalue weighted by Gasteiger charge is -2.10. The molecule has 7 heteroatoms. The van der Waals surface area contributed by atoms with Crippen molar-refractivity contribution in [2.75, 3.05) is 7.11 Å². The normalized spacial score (nSPS) is 10.5. The Labute approximate surface area is 197 Å². The molecule has 0 bridgehead atoms. The predicted octanol–water partition coefficient (Wildman–Crippen LogP) is 5.67. The number of nitrogens with zero attached hydrogens (tertiary/aromatic N) is 2. The number of aryl methyl sites for hydroxylation is 1. The van der Waals surface area contributed by atoms with Gasteiger partial charge in [0.25, 0.3) is 11.8 Å². The third kappa shape index (κ3) is 6.11. The van der Waals surface area contributed by atoms with Gasteiger partial charge in [-0.25, -0.2) is 9.97 Å². The first-order chi connectivity index (χ1) is 16.1. The number of benzene rings is 3. The molecule has 1 heterocycles. The SMILES string of the molecule is COc1ccc(CNC(=O)c2ccc(Oc3nccnc3Sc3ccc(C)cc3)cc2)cc1. The van der Waals surface area contributed by atoms with E-state index in [0.29, 0.717) is 28.8 Å². The van der Waals surface area contributed by atoms with Gasteiger partial charge < -0.3 is 14.8 Å². The summed E-state index contributed by atoms with van der Waals surface area (Å²) in [5.41, 5.74) is 2.73. The van der Waals surface area contributed by atoms with Crippen molar-refractivity contribution in [3.8, 4) is 17.4 Å². The zero-order chi connectivity index (χ0) is 23.0. The highest BCUT2D eigenvalue weighted by Gasteiger charge is 2.11. The van der Waals surface area contributed by atoms with Gasteiger partial charge in [-0.05, 0) is 61.0 Å². The van der Waals surface area contributed by atoms with Crippen LogP contribution in [-0.2, 0) is 6.54 Å². The number of ether oxygens (including phenoxy) is 2. The second-order valence-electron chi connectivity index (χ2n) is 7.24. The minimum atomic E-state index is -0.160. The minimum Gasteiger partial charge on any atom is -0.497 e. The highest BCUT2D eigenvalue weighted by atomic mass is 32.2. The van der Waals surface area contributed by atoms with Crippen LogP contribution in [0.1, 0.15) is 21.5 Å². The van der Waals surface area contributed by atoms with E-state index in [9.17, 15) is 4.79 Å². The summed E-state index contributed by atoms with van der Waals surface area (Å²) in [6, 6.07) is 22.7. The Morgan fingerprint density at radius 1 is 0.879 bits per heavy atom. The van der Waals surface area contributed by atoms with E-state index in [2.05, 4.69) is 27.4 Å².